The van der Waals surface area contributed by atoms with E-state index in [2.05, 4.69) is 51.3 Å². The molecule has 0 spiro atoms. The van der Waals surface area contributed by atoms with Crippen LogP contribution in [0.2, 0.25) is 0 Å². The van der Waals surface area contributed by atoms with Crippen LogP contribution in [0.1, 0.15) is 16.7 Å². The van der Waals surface area contributed by atoms with Crippen LogP contribution in [0.15, 0.2) is 60.7 Å². The number of hydrogen-bond acceptors (Lipinski definition) is 4. The zero-order valence-electron chi connectivity index (χ0n) is 15.3. The molecule has 0 aliphatic rings. The van der Waals surface area contributed by atoms with Crippen molar-refractivity contribution in [1.29, 1.82) is 5.26 Å². The fourth-order valence-electron chi connectivity index (χ4n) is 2.65. The van der Waals surface area contributed by atoms with E-state index in [1.165, 1.54) is 24.3 Å². The Kier molecular flexibility index (Phi) is 7.38. The lowest BCUT2D eigenvalue weighted by Gasteiger charge is -2.12. The quantitative estimate of drug-likeness (QED) is 0.102. The van der Waals surface area contributed by atoms with Crippen LogP contribution >= 0.6 is 45.2 Å². The van der Waals surface area contributed by atoms with Gasteiger partial charge in [0, 0.05) is 12.1 Å². The first-order chi connectivity index (χ1) is 14.4. The monoisotopic (exact) mass is 626 g/mol. The third kappa shape index (κ3) is 5.54. The fourth-order valence-corrected chi connectivity index (χ4v) is 4.77. The van der Waals surface area contributed by atoms with Crippen molar-refractivity contribution in [3.63, 3.8) is 0 Å². The molecule has 0 heterocycles. The summed E-state index contributed by atoms with van der Waals surface area (Å²) in [6, 6.07) is 17.9. The molecule has 5 nitrogen and oxygen atoms in total. The largest absolute Gasteiger partial charge is 0.487 e. The van der Waals surface area contributed by atoms with Crippen molar-refractivity contribution < 1.29 is 14.1 Å². The van der Waals surface area contributed by atoms with Gasteiger partial charge in [-0.2, -0.15) is 5.26 Å². The Bertz CT molecular complexity index is 1130. The number of allylic oxidation sites excluding steroid dienone is 1. The molecule has 150 valence electrons. The summed E-state index contributed by atoms with van der Waals surface area (Å²) in [7, 11) is 0. The summed E-state index contributed by atoms with van der Waals surface area (Å²) in [5, 5.41) is 20.3. The van der Waals surface area contributed by atoms with Crippen molar-refractivity contribution >= 4 is 62.5 Å². The number of nitro benzene ring substituents is 1. The number of nitriles is 1. The molecule has 0 aromatic heterocycles. The second-order valence-electron chi connectivity index (χ2n) is 6.20. The summed E-state index contributed by atoms with van der Waals surface area (Å²) in [6.07, 6.45) is 1.73. The predicted octanol–water partition coefficient (Wildman–Crippen LogP) is 6.59. The van der Waals surface area contributed by atoms with Gasteiger partial charge in [-0.3, -0.25) is 10.1 Å². The van der Waals surface area contributed by atoms with Gasteiger partial charge in [-0.1, -0.05) is 12.1 Å². The van der Waals surface area contributed by atoms with Gasteiger partial charge >= 0.3 is 0 Å². The lowest BCUT2D eigenvalue weighted by molar-refractivity contribution is -0.384. The minimum atomic E-state index is -0.477. The van der Waals surface area contributed by atoms with Crippen LogP contribution in [-0.4, -0.2) is 4.92 Å². The number of nitro groups is 1. The first-order valence-corrected chi connectivity index (χ1v) is 10.8. The number of hydrogen-bond donors (Lipinski definition) is 0. The summed E-state index contributed by atoms with van der Waals surface area (Å²) < 4.78 is 20.7. The Labute approximate surface area is 199 Å². The Morgan fingerprint density at radius 3 is 2.23 bits per heavy atom. The summed E-state index contributed by atoms with van der Waals surface area (Å²) in [5.74, 6) is 0.423. The van der Waals surface area contributed by atoms with Gasteiger partial charge in [0.25, 0.3) is 5.69 Å². The maximum absolute atomic E-state index is 13.0. The molecule has 0 amide bonds. The molecular formula is C22H13FI2N2O3. The zero-order valence-corrected chi connectivity index (χ0v) is 19.6. The Hall–Kier alpha value is -2.52. The maximum atomic E-state index is 13.0. The number of benzene rings is 3. The smallest absolute Gasteiger partial charge is 0.269 e. The van der Waals surface area contributed by atoms with E-state index in [9.17, 15) is 19.8 Å². The minimum Gasteiger partial charge on any atom is -0.487 e. The van der Waals surface area contributed by atoms with Crippen LogP contribution in [-0.2, 0) is 6.61 Å². The topological polar surface area (TPSA) is 76.2 Å². The highest BCUT2D eigenvalue weighted by Gasteiger charge is 2.11. The first-order valence-electron chi connectivity index (χ1n) is 8.60. The van der Waals surface area contributed by atoms with Crippen LogP contribution in [0.25, 0.3) is 11.6 Å². The SMILES string of the molecule is N#C/C(=C/c1cc(I)c(OCc2ccc(F)cc2)c(I)c1)c1ccc([N+](=O)[O-])cc1. The molecule has 0 unspecified atom stereocenters. The van der Waals surface area contributed by atoms with Crippen molar-refractivity contribution in [3.05, 3.63) is 100 Å². The molecule has 0 fully saturated rings. The van der Waals surface area contributed by atoms with Crippen LogP contribution < -0.4 is 4.74 Å². The van der Waals surface area contributed by atoms with E-state index in [0.717, 1.165) is 18.3 Å². The highest BCUT2D eigenvalue weighted by molar-refractivity contribution is 14.1. The normalized spacial score (nSPS) is 11.1. The van der Waals surface area contributed by atoms with E-state index in [-0.39, 0.29) is 11.5 Å². The number of halogens is 3. The molecule has 3 aromatic rings. The van der Waals surface area contributed by atoms with Gasteiger partial charge in [0.05, 0.1) is 23.7 Å². The van der Waals surface area contributed by atoms with Crippen molar-refractivity contribution in [2.75, 3.05) is 0 Å². The second-order valence-corrected chi connectivity index (χ2v) is 8.53. The standard InChI is InChI=1S/C22H13FI2N2O3/c23-18-5-1-14(2-6-18)13-30-22-20(24)10-15(11-21(22)25)9-17(12-26)16-3-7-19(8-4-16)27(28)29/h1-11H,13H2/b17-9-. The Morgan fingerprint density at radius 2 is 1.70 bits per heavy atom. The van der Waals surface area contributed by atoms with E-state index in [0.29, 0.717) is 23.5 Å². The summed E-state index contributed by atoms with van der Waals surface area (Å²) in [6.45, 7) is 0.313. The van der Waals surface area contributed by atoms with Gasteiger partial charge in [0.2, 0.25) is 0 Å². The average molecular weight is 626 g/mol. The fraction of sp³-hybridized carbons (Fsp3) is 0.0455. The molecule has 8 heteroatoms. The van der Waals surface area contributed by atoms with Crippen LogP contribution in [0.5, 0.6) is 5.75 Å². The lowest BCUT2D eigenvalue weighted by atomic mass is 10.0. The Morgan fingerprint density at radius 1 is 1.10 bits per heavy atom. The van der Waals surface area contributed by atoms with Crippen LogP contribution in [0, 0.1) is 34.4 Å². The van der Waals surface area contributed by atoms with E-state index in [4.69, 9.17) is 4.74 Å². The molecule has 0 radical (unpaired) electrons. The van der Waals surface area contributed by atoms with Gasteiger partial charge in [0.1, 0.15) is 18.2 Å². The summed E-state index contributed by atoms with van der Waals surface area (Å²) >= 11 is 4.34. The van der Waals surface area contributed by atoms with Crippen molar-refractivity contribution in [2.45, 2.75) is 6.61 Å². The minimum absolute atomic E-state index is 0.0252. The predicted molar refractivity (Wildman–Crippen MR) is 129 cm³/mol. The van der Waals surface area contributed by atoms with Crippen molar-refractivity contribution in [3.8, 4) is 11.8 Å². The van der Waals surface area contributed by atoms with Gasteiger partial charge < -0.3 is 4.74 Å². The molecular weight excluding hydrogens is 613 g/mol. The van der Waals surface area contributed by atoms with Crippen LogP contribution in [0.3, 0.4) is 0 Å². The van der Waals surface area contributed by atoms with Crippen LogP contribution in [0.4, 0.5) is 10.1 Å². The summed E-state index contributed by atoms with van der Waals surface area (Å²) in [5.41, 5.74) is 2.65. The molecule has 0 aliphatic heterocycles. The molecule has 0 bridgehead atoms. The van der Waals surface area contributed by atoms with Gasteiger partial charge in [-0.05, 0) is 104 Å². The number of nitrogens with zero attached hydrogens (tertiary/aromatic N) is 2. The highest BCUT2D eigenvalue weighted by Crippen LogP contribution is 2.31. The van der Waals surface area contributed by atoms with E-state index >= 15 is 0 Å². The lowest BCUT2D eigenvalue weighted by Crippen LogP contribution is -1.99. The van der Waals surface area contributed by atoms with E-state index in [1.54, 1.807) is 30.3 Å². The van der Waals surface area contributed by atoms with Crippen molar-refractivity contribution in [1.82, 2.24) is 0 Å². The maximum Gasteiger partial charge on any atom is 0.269 e. The third-order valence-corrected chi connectivity index (χ3v) is 5.74. The van der Waals surface area contributed by atoms with Gasteiger partial charge in [0.15, 0.2) is 0 Å². The molecule has 0 atom stereocenters. The highest BCUT2D eigenvalue weighted by atomic mass is 127. The molecule has 0 saturated heterocycles. The number of non-ortho nitro benzene ring substituents is 1. The molecule has 30 heavy (non-hydrogen) atoms. The van der Waals surface area contributed by atoms with Crippen molar-refractivity contribution in [2.24, 2.45) is 0 Å². The second kappa shape index (κ2) is 9.99. The van der Waals surface area contributed by atoms with Gasteiger partial charge in [-0.15, -0.1) is 0 Å². The van der Waals surface area contributed by atoms with E-state index < -0.39 is 4.92 Å². The molecule has 3 aromatic carbocycles. The zero-order chi connectivity index (χ0) is 21.7. The average Bonchev–Trinajstić information content (AvgIpc) is 2.73. The van der Waals surface area contributed by atoms with E-state index in [1.807, 2.05) is 12.1 Å². The summed E-state index contributed by atoms with van der Waals surface area (Å²) in [4.78, 5) is 10.3. The first kappa shape index (κ1) is 22.2. The Balaban J connectivity index is 1.83. The molecule has 0 aliphatic carbocycles. The molecule has 0 saturated carbocycles. The third-order valence-electron chi connectivity index (χ3n) is 4.14. The molecule has 0 N–H and O–H groups in total. The van der Waals surface area contributed by atoms with Gasteiger partial charge in [-0.25, -0.2) is 4.39 Å². The number of rotatable bonds is 6. The number of ether oxygens (including phenoxy) is 1. The molecule has 3 rings (SSSR count).